The molecule has 0 bridgehead atoms. The highest BCUT2D eigenvalue weighted by Gasteiger charge is 2.58. The maximum Gasteiger partial charge on any atom is 0.368 e. The largest absolute Gasteiger partial charge is 0.600 e. The molecule has 22 heavy (non-hydrogen) atoms. The summed E-state index contributed by atoms with van der Waals surface area (Å²) in [5.41, 5.74) is 0. The van der Waals surface area contributed by atoms with Crippen molar-refractivity contribution in [3.8, 4) is 0 Å². The van der Waals surface area contributed by atoms with Gasteiger partial charge in [-0.05, 0) is 40.5 Å². The third-order valence-corrected chi connectivity index (χ3v) is 6.71. The highest BCUT2D eigenvalue weighted by Crippen LogP contribution is 2.64. The zero-order chi connectivity index (χ0) is 17.0. The van der Waals surface area contributed by atoms with Crippen LogP contribution in [0.2, 0.25) is 0 Å². The van der Waals surface area contributed by atoms with Crippen LogP contribution >= 0.6 is 7.60 Å². The van der Waals surface area contributed by atoms with E-state index in [0.29, 0.717) is 12.8 Å². The van der Waals surface area contributed by atoms with E-state index in [1.165, 1.54) is 0 Å². The fraction of sp³-hybridized carbons (Fsp3) is 1.00. The lowest BCUT2D eigenvalue weighted by molar-refractivity contribution is -1.05. The molecule has 0 aromatic carbocycles. The van der Waals surface area contributed by atoms with Gasteiger partial charge >= 0.3 is 7.60 Å². The van der Waals surface area contributed by atoms with Crippen LogP contribution in [0.4, 0.5) is 0 Å². The Morgan fingerprint density at radius 2 is 1.64 bits per heavy atom. The van der Waals surface area contributed by atoms with Crippen LogP contribution in [0.1, 0.15) is 59.8 Å². The normalized spacial score (nSPS) is 22.0. The topological polar surface area (TPSA) is 103 Å². The first-order valence-electron chi connectivity index (χ1n) is 8.02. The van der Waals surface area contributed by atoms with Crippen molar-refractivity contribution in [2.45, 2.75) is 77.3 Å². The smallest absolute Gasteiger partial charge is 0.368 e. The van der Waals surface area contributed by atoms with Crippen LogP contribution in [0.3, 0.4) is 0 Å². The van der Waals surface area contributed by atoms with Gasteiger partial charge < -0.3 is 19.4 Å². The summed E-state index contributed by atoms with van der Waals surface area (Å²) in [6, 6.07) is 0. The Balaban J connectivity index is 3.19. The van der Waals surface area contributed by atoms with Gasteiger partial charge in [-0.15, -0.1) is 0 Å². The third-order valence-electron chi connectivity index (χ3n) is 3.84. The molecule has 8 heteroatoms. The molecule has 1 aliphatic rings. The van der Waals surface area contributed by atoms with E-state index in [2.05, 4.69) is 0 Å². The molecule has 2 atom stereocenters. The van der Waals surface area contributed by atoms with E-state index in [4.69, 9.17) is 9.05 Å². The molecule has 0 spiro atoms. The molecule has 0 radical (unpaired) electrons. The van der Waals surface area contributed by atoms with E-state index in [0.717, 1.165) is 19.3 Å². The van der Waals surface area contributed by atoms with Crippen LogP contribution in [-0.4, -0.2) is 34.4 Å². The van der Waals surface area contributed by atoms with E-state index in [1.807, 2.05) is 0 Å². The van der Waals surface area contributed by atoms with Gasteiger partial charge in [-0.1, -0.05) is 19.3 Å². The van der Waals surface area contributed by atoms with Gasteiger partial charge in [-0.2, -0.15) is 0 Å². The van der Waals surface area contributed by atoms with Crippen molar-refractivity contribution in [2.75, 3.05) is 6.54 Å². The predicted octanol–water partition coefficient (Wildman–Crippen LogP) is 2.07. The minimum Gasteiger partial charge on any atom is -0.600 e. The standard InChI is InChI=1S/C14H30NO6P/c1-11(2)20-22(19,21-12(3)4)14(16,10-15(17)18)13-8-6-5-7-9-13/h11-13,15-17H,5-10H2,1-4H3/t14-/m0/s1. The van der Waals surface area contributed by atoms with Crippen molar-refractivity contribution in [1.82, 2.24) is 0 Å². The Kier molecular flexibility index (Phi) is 7.46. The van der Waals surface area contributed by atoms with Crippen molar-refractivity contribution < 1.29 is 29.2 Å². The van der Waals surface area contributed by atoms with Gasteiger partial charge in [0.15, 0.2) is 0 Å². The molecule has 0 heterocycles. The van der Waals surface area contributed by atoms with E-state index in [1.54, 1.807) is 27.7 Å². The lowest BCUT2D eigenvalue weighted by Crippen LogP contribution is -3.07. The summed E-state index contributed by atoms with van der Waals surface area (Å²) in [6.07, 6.45) is 3.21. The van der Waals surface area contributed by atoms with Crippen molar-refractivity contribution in [1.29, 1.82) is 0 Å². The number of aliphatic hydroxyl groups is 1. The van der Waals surface area contributed by atoms with Gasteiger partial charge in [0.25, 0.3) is 0 Å². The van der Waals surface area contributed by atoms with Crippen LogP contribution in [0, 0.1) is 11.1 Å². The summed E-state index contributed by atoms with van der Waals surface area (Å²) < 4.78 is 24.3. The summed E-state index contributed by atoms with van der Waals surface area (Å²) in [4.78, 5) is 0. The molecule has 0 aromatic rings. The number of hydroxylamine groups is 2. The van der Waals surface area contributed by atoms with E-state index in [9.17, 15) is 20.1 Å². The highest BCUT2D eigenvalue weighted by molar-refractivity contribution is 7.55. The average molecular weight is 339 g/mol. The van der Waals surface area contributed by atoms with E-state index < -0.39 is 36.9 Å². The first-order valence-corrected chi connectivity index (χ1v) is 9.56. The van der Waals surface area contributed by atoms with Crippen molar-refractivity contribution in [3.05, 3.63) is 5.21 Å². The molecule has 7 nitrogen and oxygen atoms in total. The fourth-order valence-corrected chi connectivity index (χ4v) is 5.57. The number of rotatable bonds is 8. The zero-order valence-corrected chi connectivity index (χ0v) is 14.8. The molecule has 0 aliphatic heterocycles. The summed E-state index contributed by atoms with van der Waals surface area (Å²) in [5.74, 6) is -0.388. The number of quaternary nitrogens is 1. The molecule has 3 N–H and O–H groups in total. The van der Waals surface area contributed by atoms with Crippen molar-refractivity contribution in [3.63, 3.8) is 0 Å². The van der Waals surface area contributed by atoms with Crippen LogP contribution in [0.5, 0.6) is 0 Å². The molecule has 0 saturated heterocycles. The lowest BCUT2D eigenvalue weighted by Gasteiger charge is -2.43. The maximum absolute atomic E-state index is 13.3. The second kappa shape index (κ2) is 8.20. The van der Waals surface area contributed by atoms with Crippen LogP contribution in [0.15, 0.2) is 0 Å². The van der Waals surface area contributed by atoms with Crippen molar-refractivity contribution in [2.24, 2.45) is 5.92 Å². The quantitative estimate of drug-likeness (QED) is 0.462. The Bertz CT molecular complexity index is 370. The minimum absolute atomic E-state index is 0.388. The average Bonchev–Trinajstić information content (AvgIpc) is 2.36. The van der Waals surface area contributed by atoms with Crippen LogP contribution in [-0.2, 0) is 13.6 Å². The molecule has 132 valence electrons. The second-order valence-electron chi connectivity index (χ2n) is 6.59. The van der Waals surface area contributed by atoms with Gasteiger partial charge in [-0.3, -0.25) is 4.57 Å². The minimum atomic E-state index is -4.00. The molecule has 0 aromatic heterocycles. The van der Waals surface area contributed by atoms with E-state index >= 15 is 0 Å². The molecule has 0 amide bonds. The Morgan fingerprint density at radius 1 is 1.18 bits per heavy atom. The van der Waals surface area contributed by atoms with Gasteiger partial charge in [-0.25, -0.2) is 10.4 Å². The first kappa shape index (κ1) is 20.0. The SMILES string of the molecule is CC(C)OP(=O)(OC(C)C)[C@@](O)(C[NH+]([O-])O)C1CCCCC1. The van der Waals surface area contributed by atoms with Crippen LogP contribution < -0.4 is 5.23 Å². The number of hydrogen-bond acceptors (Lipinski definition) is 6. The predicted molar refractivity (Wildman–Crippen MR) is 82.6 cm³/mol. The van der Waals surface area contributed by atoms with Crippen LogP contribution in [0.25, 0.3) is 0 Å². The van der Waals surface area contributed by atoms with Gasteiger partial charge in [0.2, 0.25) is 5.34 Å². The third kappa shape index (κ3) is 4.99. The molecular formula is C14H30NO6P. The van der Waals surface area contributed by atoms with Gasteiger partial charge in [0.05, 0.1) is 12.2 Å². The summed E-state index contributed by atoms with van der Waals surface area (Å²) in [6.45, 7) is 6.14. The van der Waals surface area contributed by atoms with Gasteiger partial charge in [0, 0.05) is 5.92 Å². The fourth-order valence-electron chi connectivity index (χ4n) is 3.01. The monoisotopic (exact) mass is 339 g/mol. The molecule has 1 fully saturated rings. The van der Waals surface area contributed by atoms with Crippen molar-refractivity contribution >= 4 is 7.60 Å². The number of hydrogen-bond donors (Lipinski definition) is 3. The second-order valence-corrected chi connectivity index (χ2v) is 8.78. The van der Waals surface area contributed by atoms with E-state index in [-0.39, 0.29) is 5.92 Å². The Hall–Kier alpha value is -0.0100. The Morgan fingerprint density at radius 3 is 2.00 bits per heavy atom. The highest BCUT2D eigenvalue weighted by atomic mass is 31.2. The molecule has 1 saturated carbocycles. The molecule has 1 aliphatic carbocycles. The first-order chi connectivity index (χ1) is 10.1. The molecular weight excluding hydrogens is 309 g/mol. The molecule has 1 rings (SSSR count). The van der Waals surface area contributed by atoms with Gasteiger partial charge in [0.1, 0.15) is 6.54 Å². The maximum atomic E-state index is 13.3. The summed E-state index contributed by atoms with van der Waals surface area (Å²) >= 11 is 0. The molecule has 1 unspecified atom stereocenters. The summed E-state index contributed by atoms with van der Waals surface area (Å²) in [7, 11) is -4.00. The Labute approximate surface area is 132 Å². The zero-order valence-electron chi connectivity index (χ0n) is 13.9. The number of nitrogens with one attached hydrogen (secondary N) is 1. The lowest BCUT2D eigenvalue weighted by atomic mass is 9.85. The summed E-state index contributed by atoms with van der Waals surface area (Å²) in [5, 5.41) is 28.5.